The molecule has 100 valence electrons. The van der Waals surface area contributed by atoms with E-state index in [1.54, 1.807) is 0 Å². The zero-order chi connectivity index (χ0) is 14.0. The number of rotatable bonds is 4. The number of nitrogens with one attached hydrogen (secondary N) is 2. The van der Waals surface area contributed by atoms with Gasteiger partial charge in [-0.15, -0.1) is 0 Å². The van der Waals surface area contributed by atoms with Gasteiger partial charge in [0.1, 0.15) is 4.90 Å². The van der Waals surface area contributed by atoms with Crippen LogP contribution in [0.1, 0.15) is 10.4 Å². The van der Waals surface area contributed by atoms with Gasteiger partial charge in [0.05, 0.1) is 16.3 Å². The molecule has 6 nitrogen and oxygen atoms in total. The summed E-state index contributed by atoms with van der Waals surface area (Å²) >= 11 is 5.76. The fraction of sp³-hybridized carbons (Fsp3) is 0. The lowest BCUT2D eigenvalue weighted by Gasteiger charge is -2.07. The van der Waals surface area contributed by atoms with E-state index in [9.17, 15) is 13.2 Å². The minimum atomic E-state index is -3.71. The molecule has 3 N–H and O–H groups in total. The van der Waals surface area contributed by atoms with Crippen LogP contribution in [0, 0.1) is 0 Å². The van der Waals surface area contributed by atoms with Crippen molar-refractivity contribution in [1.29, 1.82) is 0 Å². The van der Waals surface area contributed by atoms with Crippen LogP contribution in [0.2, 0.25) is 5.02 Å². The monoisotopic (exact) mass is 300 g/mol. The van der Waals surface area contributed by atoms with Crippen LogP contribution in [0.5, 0.6) is 0 Å². The topological polar surface area (TPSA) is 99.3 Å². The van der Waals surface area contributed by atoms with Gasteiger partial charge in [0.25, 0.3) is 10.0 Å². The van der Waals surface area contributed by atoms with Gasteiger partial charge in [0, 0.05) is 12.4 Å². The summed E-state index contributed by atoms with van der Waals surface area (Å²) < 4.78 is 26.1. The Morgan fingerprint density at radius 1 is 1.32 bits per heavy atom. The molecule has 0 aliphatic rings. The summed E-state index contributed by atoms with van der Waals surface area (Å²) in [6.07, 6.45) is 2.81. The summed E-state index contributed by atoms with van der Waals surface area (Å²) in [5, 5.41) is 8.77. The van der Waals surface area contributed by atoms with Crippen molar-refractivity contribution < 1.29 is 18.3 Å². The highest BCUT2D eigenvalue weighted by Crippen LogP contribution is 2.23. The maximum Gasteiger partial charge on any atom is 0.337 e. The lowest BCUT2D eigenvalue weighted by atomic mass is 10.2. The standard InChI is InChI=1S/C11H9ClN2O4S/c12-10-5-7(1-2-9(10)11(15)16)14-19(17,18)8-3-4-13-6-8/h1-6,13-14H,(H,15,16). The van der Waals surface area contributed by atoms with E-state index in [-0.39, 0.29) is 21.2 Å². The number of benzene rings is 1. The smallest absolute Gasteiger partial charge is 0.337 e. The first kappa shape index (κ1) is 13.4. The van der Waals surface area contributed by atoms with Crippen LogP contribution < -0.4 is 4.72 Å². The van der Waals surface area contributed by atoms with Crippen LogP contribution >= 0.6 is 11.6 Å². The van der Waals surface area contributed by atoms with E-state index in [1.165, 1.54) is 36.7 Å². The third-order valence-corrected chi connectivity index (χ3v) is 4.02. The predicted molar refractivity (Wildman–Crippen MR) is 70.0 cm³/mol. The maximum absolute atomic E-state index is 11.9. The molecule has 0 aliphatic heterocycles. The number of aromatic carboxylic acids is 1. The number of carbonyl (C=O) groups is 1. The van der Waals surface area contributed by atoms with Crippen LogP contribution in [0.15, 0.2) is 41.6 Å². The van der Waals surface area contributed by atoms with Gasteiger partial charge < -0.3 is 10.1 Å². The number of H-pyrrole nitrogens is 1. The fourth-order valence-electron chi connectivity index (χ4n) is 1.44. The molecular formula is C11H9ClN2O4S. The Labute approximate surface area is 114 Å². The van der Waals surface area contributed by atoms with E-state index in [0.29, 0.717) is 0 Å². The number of carboxylic acid groups (broad SMARTS) is 1. The molecule has 0 atom stereocenters. The van der Waals surface area contributed by atoms with Crippen molar-refractivity contribution in [2.75, 3.05) is 4.72 Å². The predicted octanol–water partition coefficient (Wildman–Crippen LogP) is 2.17. The molecule has 0 saturated heterocycles. The Hall–Kier alpha value is -1.99. The first-order chi connectivity index (χ1) is 8.90. The number of hydrogen-bond donors (Lipinski definition) is 3. The van der Waals surface area contributed by atoms with Gasteiger partial charge in [0.15, 0.2) is 0 Å². The number of aromatic amines is 1. The molecule has 0 saturated carbocycles. The molecule has 0 spiro atoms. The Morgan fingerprint density at radius 3 is 2.58 bits per heavy atom. The van der Waals surface area contributed by atoms with E-state index >= 15 is 0 Å². The van der Waals surface area contributed by atoms with Crippen molar-refractivity contribution in [2.45, 2.75) is 4.90 Å². The van der Waals surface area contributed by atoms with E-state index in [1.807, 2.05) is 0 Å². The highest BCUT2D eigenvalue weighted by molar-refractivity contribution is 7.92. The second-order valence-corrected chi connectivity index (χ2v) is 5.74. The highest BCUT2D eigenvalue weighted by atomic mass is 35.5. The summed E-state index contributed by atoms with van der Waals surface area (Å²) in [5.41, 5.74) is 0.0995. The van der Waals surface area contributed by atoms with Crippen molar-refractivity contribution in [1.82, 2.24) is 4.98 Å². The SMILES string of the molecule is O=C(O)c1ccc(NS(=O)(=O)c2cc[nH]c2)cc1Cl. The average molecular weight is 301 g/mol. The molecule has 0 fully saturated rings. The molecule has 1 aromatic heterocycles. The van der Waals surface area contributed by atoms with E-state index in [2.05, 4.69) is 9.71 Å². The molecule has 0 bridgehead atoms. The molecule has 8 heteroatoms. The maximum atomic E-state index is 11.9. The number of hydrogen-bond acceptors (Lipinski definition) is 3. The molecule has 19 heavy (non-hydrogen) atoms. The number of aromatic nitrogens is 1. The Balaban J connectivity index is 2.30. The first-order valence-electron chi connectivity index (χ1n) is 5.08. The Kier molecular flexibility index (Phi) is 3.50. The van der Waals surface area contributed by atoms with Crippen molar-refractivity contribution in [3.63, 3.8) is 0 Å². The molecule has 1 heterocycles. The van der Waals surface area contributed by atoms with Crippen LogP contribution in [0.3, 0.4) is 0 Å². The van der Waals surface area contributed by atoms with Gasteiger partial charge in [-0.3, -0.25) is 4.72 Å². The summed E-state index contributed by atoms with van der Waals surface area (Å²) in [7, 11) is -3.71. The molecular weight excluding hydrogens is 292 g/mol. The van der Waals surface area contributed by atoms with Crippen LogP contribution in [0.4, 0.5) is 5.69 Å². The summed E-state index contributed by atoms with van der Waals surface area (Å²) in [5.74, 6) is -1.18. The van der Waals surface area contributed by atoms with Crippen molar-refractivity contribution in [2.24, 2.45) is 0 Å². The average Bonchev–Trinajstić information content (AvgIpc) is 2.81. The number of carboxylic acids is 1. The minimum Gasteiger partial charge on any atom is -0.478 e. The normalized spacial score (nSPS) is 11.2. The Morgan fingerprint density at radius 2 is 2.05 bits per heavy atom. The van der Waals surface area contributed by atoms with Crippen molar-refractivity contribution >= 4 is 33.3 Å². The van der Waals surface area contributed by atoms with Gasteiger partial charge in [0.2, 0.25) is 0 Å². The number of sulfonamides is 1. The lowest BCUT2D eigenvalue weighted by molar-refractivity contribution is 0.0697. The van der Waals surface area contributed by atoms with E-state index in [4.69, 9.17) is 16.7 Å². The Bertz CT molecular complexity index is 710. The largest absolute Gasteiger partial charge is 0.478 e. The molecule has 0 radical (unpaired) electrons. The zero-order valence-electron chi connectivity index (χ0n) is 9.42. The van der Waals surface area contributed by atoms with Gasteiger partial charge in [-0.05, 0) is 24.3 Å². The summed E-state index contributed by atoms with van der Waals surface area (Å²) in [6, 6.07) is 5.21. The lowest BCUT2D eigenvalue weighted by Crippen LogP contribution is -2.12. The van der Waals surface area contributed by atoms with Gasteiger partial charge in [-0.25, -0.2) is 13.2 Å². The molecule has 0 amide bonds. The minimum absolute atomic E-state index is 0.0400. The molecule has 2 rings (SSSR count). The molecule has 0 unspecified atom stereocenters. The fourth-order valence-corrected chi connectivity index (χ4v) is 2.73. The number of anilines is 1. The highest BCUT2D eigenvalue weighted by Gasteiger charge is 2.16. The summed E-state index contributed by atoms with van der Waals surface area (Å²) in [4.78, 5) is 13.5. The van der Waals surface area contributed by atoms with Crippen molar-refractivity contribution in [3.05, 3.63) is 47.2 Å². The van der Waals surface area contributed by atoms with E-state index in [0.717, 1.165) is 0 Å². The quantitative estimate of drug-likeness (QED) is 0.805. The second kappa shape index (κ2) is 4.94. The van der Waals surface area contributed by atoms with Gasteiger partial charge >= 0.3 is 5.97 Å². The number of halogens is 1. The van der Waals surface area contributed by atoms with Crippen LogP contribution in [0.25, 0.3) is 0 Å². The third kappa shape index (κ3) is 2.88. The zero-order valence-corrected chi connectivity index (χ0v) is 11.0. The molecule has 1 aromatic carbocycles. The third-order valence-electron chi connectivity index (χ3n) is 2.33. The summed E-state index contributed by atoms with van der Waals surface area (Å²) in [6.45, 7) is 0. The van der Waals surface area contributed by atoms with Crippen LogP contribution in [-0.4, -0.2) is 24.5 Å². The van der Waals surface area contributed by atoms with E-state index < -0.39 is 16.0 Å². The van der Waals surface area contributed by atoms with Gasteiger partial charge in [-0.2, -0.15) is 0 Å². The first-order valence-corrected chi connectivity index (χ1v) is 6.95. The van der Waals surface area contributed by atoms with Crippen LogP contribution in [-0.2, 0) is 10.0 Å². The van der Waals surface area contributed by atoms with Crippen molar-refractivity contribution in [3.8, 4) is 0 Å². The molecule has 2 aromatic rings. The molecule has 0 aliphatic carbocycles. The second-order valence-electron chi connectivity index (χ2n) is 3.65. The van der Waals surface area contributed by atoms with Gasteiger partial charge in [-0.1, -0.05) is 11.6 Å².